The van der Waals surface area contributed by atoms with Crippen LogP contribution < -0.4 is 0 Å². The molecule has 6 heteroatoms. The van der Waals surface area contributed by atoms with Gasteiger partial charge in [0.1, 0.15) is 5.78 Å². The van der Waals surface area contributed by atoms with Gasteiger partial charge in [0.15, 0.2) is 0 Å². The average molecular weight is 322 g/mol. The van der Waals surface area contributed by atoms with Crippen LogP contribution >= 0.6 is 15.9 Å². The molecule has 0 unspecified atom stereocenters. The third-order valence-electron chi connectivity index (χ3n) is 3.11. The van der Waals surface area contributed by atoms with Crippen molar-refractivity contribution < 1.29 is 19.1 Å². The lowest BCUT2D eigenvalue weighted by atomic mass is 9.95. The van der Waals surface area contributed by atoms with E-state index in [9.17, 15) is 9.59 Å². The lowest BCUT2D eigenvalue weighted by molar-refractivity contribution is -0.119. The highest BCUT2D eigenvalue weighted by atomic mass is 79.9. The van der Waals surface area contributed by atoms with Gasteiger partial charge < -0.3 is 14.4 Å². The second kappa shape index (κ2) is 7.74. The van der Waals surface area contributed by atoms with Gasteiger partial charge in [0.2, 0.25) is 0 Å². The minimum Gasteiger partial charge on any atom is -0.450 e. The van der Waals surface area contributed by atoms with E-state index in [-0.39, 0.29) is 24.0 Å². The highest BCUT2D eigenvalue weighted by Crippen LogP contribution is 2.24. The number of Topliss-reactive ketones (excluding diaryl/α,β-unsaturated/α-hetero) is 1. The van der Waals surface area contributed by atoms with Gasteiger partial charge in [0, 0.05) is 20.1 Å². The molecule has 0 radical (unpaired) electrons. The van der Waals surface area contributed by atoms with Gasteiger partial charge in [0.05, 0.1) is 24.1 Å². The summed E-state index contributed by atoms with van der Waals surface area (Å²) in [5, 5.41) is 0.302. The number of nitrogens with zero attached hydrogens (tertiary/aromatic N) is 1. The molecule has 0 saturated carbocycles. The summed E-state index contributed by atoms with van der Waals surface area (Å²) < 4.78 is 10.4. The molecule has 1 saturated heterocycles. The first-order valence-electron chi connectivity index (χ1n) is 6.17. The van der Waals surface area contributed by atoms with Crippen LogP contribution in [0.25, 0.3) is 0 Å². The fourth-order valence-corrected chi connectivity index (χ4v) is 2.49. The van der Waals surface area contributed by atoms with Gasteiger partial charge in [0.25, 0.3) is 0 Å². The maximum Gasteiger partial charge on any atom is 0.410 e. The van der Waals surface area contributed by atoms with Crippen molar-refractivity contribution in [3.63, 3.8) is 0 Å². The molecule has 0 bridgehead atoms. The van der Waals surface area contributed by atoms with Gasteiger partial charge in [-0.1, -0.05) is 15.9 Å². The Kier molecular flexibility index (Phi) is 6.63. The largest absolute Gasteiger partial charge is 0.450 e. The third-order valence-corrected chi connectivity index (χ3v) is 3.73. The van der Waals surface area contributed by atoms with Gasteiger partial charge in [-0.25, -0.2) is 4.79 Å². The van der Waals surface area contributed by atoms with Crippen LogP contribution in [0.3, 0.4) is 0 Å². The molecule has 2 atom stereocenters. The Morgan fingerprint density at radius 2 is 2.17 bits per heavy atom. The van der Waals surface area contributed by atoms with Crippen molar-refractivity contribution >= 4 is 27.8 Å². The number of carbonyl (C=O) groups is 2. The Bertz CT molecular complexity index is 298. The van der Waals surface area contributed by atoms with Gasteiger partial charge in [-0.05, 0) is 19.8 Å². The van der Waals surface area contributed by atoms with Crippen molar-refractivity contribution in [2.75, 3.05) is 25.6 Å². The van der Waals surface area contributed by atoms with Crippen LogP contribution in [-0.2, 0) is 14.3 Å². The number of methoxy groups -OCH3 is 1. The number of likely N-dealkylation sites (tertiary alicyclic amines) is 1. The Balaban J connectivity index is 2.76. The van der Waals surface area contributed by atoms with Crippen LogP contribution in [0.2, 0.25) is 0 Å². The Morgan fingerprint density at radius 3 is 2.72 bits per heavy atom. The van der Waals surface area contributed by atoms with E-state index in [4.69, 9.17) is 9.47 Å². The Labute approximate surface area is 116 Å². The van der Waals surface area contributed by atoms with Crippen molar-refractivity contribution in [2.24, 2.45) is 0 Å². The average Bonchev–Trinajstić information content (AvgIpc) is 2.38. The van der Waals surface area contributed by atoms with Crippen LogP contribution in [0.1, 0.15) is 26.2 Å². The summed E-state index contributed by atoms with van der Waals surface area (Å²) in [6, 6.07) is -0.215. The van der Waals surface area contributed by atoms with Gasteiger partial charge in [-0.2, -0.15) is 0 Å². The molecule has 1 aliphatic heterocycles. The molecule has 0 aromatic heterocycles. The summed E-state index contributed by atoms with van der Waals surface area (Å²) >= 11 is 3.15. The molecule has 1 amide bonds. The quantitative estimate of drug-likeness (QED) is 0.726. The van der Waals surface area contributed by atoms with Gasteiger partial charge >= 0.3 is 6.09 Å². The minimum absolute atomic E-state index is 0.0678. The van der Waals surface area contributed by atoms with Gasteiger partial charge in [-0.15, -0.1) is 0 Å². The van der Waals surface area contributed by atoms with Crippen LogP contribution in [0.5, 0.6) is 0 Å². The molecule has 1 heterocycles. The molecule has 104 valence electrons. The first-order chi connectivity index (χ1) is 8.63. The predicted molar refractivity (Wildman–Crippen MR) is 71.0 cm³/mol. The molecule has 1 aliphatic rings. The zero-order chi connectivity index (χ0) is 13.5. The zero-order valence-electron chi connectivity index (χ0n) is 10.9. The summed E-state index contributed by atoms with van der Waals surface area (Å²) in [6.07, 6.45) is 1.60. The molecule has 0 aromatic carbocycles. The highest BCUT2D eigenvalue weighted by Gasteiger charge is 2.36. The Hall–Kier alpha value is -0.620. The number of hydrogen-bond donors (Lipinski definition) is 0. The fraction of sp³-hybridized carbons (Fsp3) is 0.833. The molecule has 1 fully saturated rings. The number of carbonyl (C=O) groups excluding carboxylic acids is 2. The number of ether oxygens (including phenoxy) is 2. The van der Waals surface area contributed by atoms with Crippen molar-refractivity contribution in [2.45, 2.75) is 38.3 Å². The molecule has 0 aromatic rings. The van der Waals surface area contributed by atoms with E-state index in [1.54, 1.807) is 18.9 Å². The van der Waals surface area contributed by atoms with E-state index in [1.807, 2.05) is 0 Å². The van der Waals surface area contributed by atoms with Gasteiger partial charge in [-0.3, -0.25) is 4.79 Å². The first kappa shape index (κ1) is 15.4. The highest BCUT2D eigenvalue weighted by molar-refractivity contribution is 9.09. The second-order valence-electron chi connectivity index (χ2n) is 4.25. The van der Waals surface area contributed by atoms with Crippen LogP contribution in [-0.4, -0.2) is 54.5 Å². The SMILES string of the molecule is CCOC(=O)N1CCC[C@@H](OC)[C@@H]1CC(=O)CBr. The van der Waals surface area contributed by atoms with Crippen molar-refractivity contribution in [1.82, 2.24) is 4.90 Å². The molecule has 5 nitrogen and oxygen atoms in total. The molecular weight excluding hydrogens is 302 g/mol. The summed E-state index contributed by atoms with van der Waals surface area (Å²) in [5.41, 5.74) is 0. The van der Waals surface area contributed by atoms with Crippen LogP contribution in [0, 0.1) is 0 Å². The maximum absolute atomic E-state index is 11.9. The smallest absolute Gasteiger partial charge is 0.410 e. The van der Waals surface area contributed by atoms with Crippen LogP contribution in [0.4, 0.5) is 4.79 Å². The molecule has 0 N–H and O–H groups in total. The standard InChI is InChI=1S/C12H20BrNO4/c1-3-18-12(16)14-6-4-5-11(17-2)10(14)7-9(15)8-13/h10-11H,3-8H2,1-2H3/t10-,11+/m0/s1. The lowest BCUT2D eigenvalue weighted by Crippen LogP contribution is -2.52. The number of halogens is 1. The molecule has 18 heavy (non-hydrogen) atoms. The van der Waals surface area contributed by atoms with Crippen molar-refractivity contribution in [3.05, 3.63) is 0 Å². The molecule has 0 spiro atoms. The monoisotopic (exact) mass is 321 g/mol. The summed E-state index contributed by atoms with van der Waals surface area (Å²) in [6.45, 7) is 2.74. The molecular formula is C12H20BrNO4. The molecule has 0 aliphatic carbocycles. The number of hydrogen-bond acceptors (Lipinski definition) is 4. The topological polar surface area (TPSA) is 55.8 Å². The second-order valence-corrected chi connectivity index (χ2v) is 4.81. The number of amides is 1. The van der Waals surface area contributed by atoms with Crippen molar-refractivity contribution in [1.29, 1.82) is 0 Å². The summed E-state index contributed by atoms with van der Waals surface area (Å²) in [7, 11) is 1.62. The van der Waals surface area contributed by atoms with Crippen molar-refractivity contribution in [3.8, 4) is 0 Å². The number of rotatable bonds is 5. The molecule has 1 rings (SSSR count). The summed E-state index contributed by atoms with van der Waals surface area (Å²) in [4.78, 5) is 25.1. The lowest BCUT2D eigenvalue weighted by Gasteiger charge is -2.39. The van der Waals surface area contributed by atoms with E-state index >= 15 is 0 Å². The van der Waals surface area contributed by atoms with E-state index < -0.39 is 0 Å². The maximum atomic E-state index is 11.9. The minimum atomic E-state index is -0.355. The normalized spacial score (nSPS) is 23.8. The van der Waals surface area contributed by atoms with E-state index in [1.165, 1.54) is 0 Å². The van der Waals surface area contributed by atoms with E-state index in [0.29, 0.717) is 24.9 Å². The van der Waals surface area contributed by atoms with E-state index in [2.05, 4.69) is 15.9 Å². The van der Waals surface area contributed by atoms with E-state index in [0.717, 1.165) is 12.8 Å². The first-order valence-corrected chi connectivity index (χ1v) is 7.30. The fourth-order valence-electron chi connectivity index (χ4n) is 2.26. The van der Waals surface area contributed by atoms with Crippen LogP contribution in [0.15, 0.2) is 0 Å². The number of alkyl halides is 1. The number of ketones is 1. The Morgan fingerprint density at radius 1 is 1.44 bits per heavy atom. The third kappa shape index (κ3) is 3.95. The number of piperidine rings is 1. The zero-order valence-corrected chi connectivity index (χ0v) is 12.4. The predicted octanol–water partition coefficient (Wildman–Crippen LogP) is 1.98. The summed E-state index contributed by atoms with van der Waals surface area (Å²) in [5.74, 6) is 0.0678.